The molecule has 0 saturated heterocycles. The Bertz CT molecular complexity index is 638. The summed E-state index contributed by atoms with van der Waals surface area (Å²) in [6.07, 6.45) is 2.98. The van der Waals surface area contributed by atoms with Crippen LogP contribution in [0, 0.1) is 17.4 Å². The molecule has 7 nitrogen and oxygen atoms in total. The summed E-state index contributed by atoms with van der Waals surface area (Å²) in [5, 5.41) is 0. The number of nitrogens with zero attached hydrogens (tertiary/aromatic N) is 3. The molecule has 0 bridgehead atoms. The van der Waals surface area contributed by atoms with Crippen LogP contribution in [0.25, 0.3) is 0 Å². The van der Waals surface area contributed by atoms with Gasteiger partial charge in [0.1, 0.15) is 12.1 Å². The molecule has 0 aliphatic carbocycles. The van der Waals surface area contributed by atoms with Crippen LogP contribution in [-0.2, 0) is 9.59 Å². The van der Waals surface area contributed by atoms with Crippen molar-refractivity contribution in [1.29, 1.82) is 3.56 Å². The van der Waals surface area contributed by atoms with Crippen LogP contribution in [0.5, 0.6) is 0 Å². The molecule has 3 N–H and O–H groups in total. The lowest BCUT2D eigenvalue weighted by atomic mass is 9.96. The lowest BCUT2D eigenvalue weighted by Gasteiger charge is -2.24. The molecule has 0 fully saturated rings. The summed E-state index contributed by atoms with van der Waals surface area (Å²) in [6, 6.07) is 0. The number of hydrogen-bond acceptors (Lipinski definition) is 6. The Morgan fingerprint density at radius 2 is 1.96 bits per heavy atom. The first-order chi connectivity index (χ1) is 12.3. The van der Waals surface area contributed by atoms with Gasteiger partial charge in [0, 0.05) is 48.0 Å². The molecule has 1 rings (SSSR count). The molecule has 0 aromatic carbocycles. The summed E-state index contributed by atoms with van der Waals surface area (Å²) in [5.41, 5.74) is 8.60. The third kappa shape index (κ3) is 6.79. The summed E-state index contributed by atoms with van der Waals surface area (Å²) in [7, 11) is 0. The Morgan fingerprint density at radius 3 is 2.54 bits per heavy atom. The zero-order valence-electron chi connectivity index (χ0n) is 16.1. The molecule has 146 valence electrons. The highest BCUT2D eigenvalue weighted by Crippen LogP contribution is 2.32. The summed E-state index contributed by atoms with van der Waals surface area (Å²) in [4.78, 5) is 34.0. The Kier molecular flexibility index (Phi) is 10.0. The van der Waals surface area contributed by atoms with E-state index in [9.17, 15) is 9.59 Å². The average Bonchev–Trinajstić information content (AvgIpc) is 2.60. The van der Waals surface area contributed by atoms with Crippen molar-refractivity contribution in [1.82, 2.24) is 14.9 Å². The zero-order chi connectivity index (χ0) is 19.7. The SMILES string of the molecule is CC(=O)CCN(CCN)C(=O)CC[C@@H](I=N)C(C)c1ncnc(C)c1C. The van der Waals surface area contributed by atoms with Crippen LogP contribution < -0.4 is 5.73 Å². The van der Waals surface area contributed by atoms with Gasteiger partial charge in [0.05, 0.1) is 5.69 Å². The molecule has 1 heterocycles. The molecule has 0 aliphatic rings. The van der Waals surface area contributed by atoms with E-state index in [1.807, 2.05) is 13.8 Å². The highest BCUT2D eigenvalue weighted by Gasteiger charge is 2.23. The third-order valence-electron chi connectivity index (χ3n) is 4.61. The number of carbonyl (C=O) groups is 2. The van der Waals surface area contributed by atoms with Gasteiger partial charge in [-0.25, -0.2) is 9.97 Å². The highest BCUT2D eigenvalue weighted by molar-refractivity contribution is 14.1. The maximum atomic E-state index is 12.5. The van der Waals surface area contributed by atoms with E-state index in [2.05, 4.69) is 16.9 Å². The van der Waals surface area contributed by atoms with E-state index in [-0.39, 0.29) is 21.5 Å². The van der Waals surface area contributed by atoms with Crippen molar-refractivity contribution in [2.24, 2.45) is 5.73 Å². The van der Waals surface area contributed by atoms with Gasteiger partial charge in [-0.2, -0.15) is 0 Å². The van der Waals surface area contributed by atoms with Gasteiger partial charge in [-0.3, -0.25) is 13.2 Å². The predicted octanol–water partition coefficient (Wildman–Crippen LogP) is 2.85. The fourth-order valence-electron chi connectivity index (χ4n) is 2.82. The third-order valence-corrected chi connectivity index (χ3v) is 7.11. The van der Waals surface area contributed by atoms with Gasteiger partial charge >= 0.3 is 0 Å². The number of nitrogens with two attached hydrogens (primary N) is 1. The maximum absolute atomic E-state index is 12.5. The van der Waals surface area contributed by atoms with Gasteiger partial charge in [0.25, 0.3) is 0 Å². The lowest BCUT2D eigenvalue weighted by molar-refractivity contribution is -0.131. The van der Waals surface area contributed by atoms with Crippen LogP contribution in [0.15, 0.2) is 6.33 Å². The van der Waals surface area contributed by atoms with Crippen molar-refractivity contribution in [3.63, 3.8) is 0 Å². The second kappa shape index (κ2) is 11.4. The van der Waals surface area contributed by atoms with Crippen LogP contribution in [0.3, 0.4) is 0 Å². The molecule has 1 unspecified atom stereocenters. The van der Waals surface area contributed by atoms with Gasteiger partial charge in [-0.1, -0.05) is 6.92 Å². The molecule has 0 saturated carbocycles. The second-order valence-electron chi connectivity index (χ2n) is 6.54. The molecule has 1 aromatic rings. The van der Waals surface area contributed by atoms with Crippen LogP contribution in [0.1, 0.15) is 56.0 Å². The molecule has 1 amide bonds. The Hall–Kier alpha value is -1.29. The topological polar surface area (TPSA) is 113 Å². The molecular formula is C18H30IN5O2. The van der Waals surface area contributed by atoms with Crippen molar-refractivity contribution < 1.29 is 9.59 Å². The predicted molar refractivity (Wildman–Crippen MR) is 111 cm³/mol. The number of alkyl halides is 1. The fraction of sp³-hybridized carbons (Fsp3) is 0.667. The first-order valence-corrected chi connectivity index (χ1v) is 11.2. The monoisotopic (exact) mass is 475 g/mol. The Labute approximate surface area is 166 Å². The second-order valence-corrected chi connectivity index (χ2v) is 8.77. The Morgan fingerprint density at radius 1 is 1.27 bits per heavy atom. The molecular weight excluding hydrogens is 445 g/mol. The Balaban J connectivity index is 2.74. The number of halogens is 1. The van der Waals surface area contributed by atoms with Gasteiger partial charge in [0.15, 0.2) is 0 Å². The van der Waals surface area contributed by atoms with Crippen LogP contribution in [0.2, 0.25) is 0 Å². The molecule has 1 aromatic heterocycles. The number of nitrogens with one attached hydrogen (secondary N) is 1. The first-order valence-electron chi connectivity index (χ1n) is 8.86. The molecule has 0 spiro atoms. The standard InChI is InChI=1S/C18H30IN5O2/c1-12(25)7-9-24(10-8-20)17(26)6-5-16(19-21)14(3)18-13(2)15(4)22-11-23-18/h11,14,16,21H,5-10,20H2,1-4H3/t14?,16-/m1/s1. The molecule has 0 aliphatic heterocycles. The smallest absolute Gasteiger partial charge is 0.222 e. The summed E-state index contributed by atoms with van der Waals surface area (Å²) in [6.45, 7) is 8.86. The number of Topliss-reactive ketones (excluding diaryl/α,β-unsaturated/α-hetero) is 1. The van der Waals surface area contributed by atoms with Crippen LogP contribution in [0.4, 0.5) is 0 Å². The summed E-state index contributed by atoms with van der Waals surface area (Å²) < 4.78 is 8.16. The number of rotatable bonds is 11. The van der Waals surface area contributed by atoms with Crippen molar-refractivity contribution in [2.75, 3.05) is 19.6 Å². The van der Waals surface area contributed by atoms with Crippen LogP contribution in [-0.4, -0.2) is 50.1 Å². The van der Waals surface area contributed by atoms with Crippen molar-refractivity contribution in [3.8, 4) is 0 Å². The lowest BCUT2D eigenvalue weighted by Crippen LogP contribution is -2.37. The number of aromatic nitrogens is 2. The van der Waals surface area contributed by atoms with E-state index < -0.39 is 21.0 Å². The minimum absolute atomic E-state index is 0.0157. The van der Waals surface area contributed by atoms with Crippen molar-refractivity contribution in [3.05, 3.63) is 23.3 Å². The number of carbonyl (C=O) groups excluding carboxylic acids is 2. The van der Waals surface area contributed by atoms with E-state index in [0.29, 0.717) is 38.9 Å². The minimum Gasteiger partial charge on any atom is -0.341 e. The zero-order valence-corrected chi connectivity index (χ0v) is 18.2. The van der Waals surface area contributed by atoms with Gasteiger partial charge < -0.3 is 10.6 Å². The fourth-order valence-corrected chi connectivity index (χ4v) is 4.32. The number of hydrogen-bond donors (Lipinski definition) is 2. The summed E-state index contributed by atoms with van der Waals surface area (Å²) in [5.74, 6) is 0.217. The van der Waals surface area contributed by atoms with Crippen molar-refractivity contribution >= 4 is 32.7 Å². The largest absolute Gasteiger partial charge is 0.341 e. The van der Waals surface area contributed by atoms with E-state index >= 15 is 0 Å². The maximum Gasteiger partial charge on any atom is 0.222 e. The van der Waals surface area contributed by atoms with Crippen molar-refractivity contribution in [2.45, 2.75) is 56.8 Å². The molecule has 2 atom stereocenters. The number of amides is 1. The highest BCUT2D eigenvalue weighted by atomic mass is 127. The van der Waals surface area contributed by atoms with Gasteiger partial charge in [-0.15, -0.1) is 0 Å². The van der Waals surface area contributed by atoms with Crippen LogP contribution >= 0.6 is 21.0 Å². The minimum atomic E-state index is -0.786. The van der Waals surface area contributed by atoms with Gasteiger partial charge in [0.2, 0.25) is 5.91 Å². The van der Waals surface area contributed by atoms with E-state index in [1.54, 1.807) is 11.2 Å². The number of aryl methyl sites for hydroxylation is 1. The molecule has 8 heteroatoms. The quantitative estimate of drug-likeness (QED) is 0.378. The molecule has 0 radical (unpaired) electrons. The molecule has 26 heavy (non-hydrogen) atoms. The summed E-state index contributed by atoms with van der Waals surface area (Å²) >= 11 is -0.786. The normalized spacial score (nSPS) is 13.3. The first kappa shape index (κ1) is 22.8. The number of ketones is 1. The van der Waals surface area contributed by atoms with E-state index in [4.69, 9.17) is 9.30 Å². The van der Waals surface area contributed by atoms with Gasteiger partial charge in [-0.05, 0) is 53.8 Å². The average molecular weight is 475 g/mol. The van der Waals surface area contributed by atoms with E-state index in [1.165, 1.54) is 6.92 Å². The van der Waals surface area contributed by atoms with E-state index in [0.717, 1.165) is 17.0 Å².